The van der Waals surface area contributed by atoms with Crippen LogP contribution in [0, 0.1) is 6.92 Å². The summed E-state index contributed by atoms with van der Waals surface area (Å²) in [5.41, 5.74) is 1.85. The number of hydrogen-bond acceptors (Lipinski definition) is 7. The molecular formula is C31H39N3O7S. The van der Waals surface area contributed by atoms with Crippen LogP contribution in [0.1, 0.15) is 31.4 Å². The second-order valence-electron chi connectivity index (χ2n) is 9.55. The molecule has 0 aliphatic heterocycles. The molecule has 3 aromatic carbocycles. The molecule has 2 amide bonds. The number of sulfonamides is 1. The molecule has 226 valence electrons. The predicted molar refractivity (Wildman–Crippen MR) is 162 cm³/mol. The van der Waals surface area contributed by atoms with E-state index in [2.05, 4.69) is 5.32 Å². The first-order valence-electron chi connectivity index (χ1n) is 13.6. The van der Waals surface area contributed by atoms with Crippen LogP contribution in [0.15, 0.2) is 71.6 Å². The van der Waals surface area contributed by atoms with Crippen LogP contribution in [0.2, 0.25) is 0 Å². The molecule has 10 nitrogen and oxygen atoms in total. The zero-order chi connectivity index (χ0) is 30.9. The third-order valence-electron chi connectivity index (χ3n) is 6.79. The number of benzene rings is 3. The minimum Gasteiger partial charge on any atom is -0.497 e. The molecule has 0 saturated carbocycles. The fourth-order valence-corrected chi connectivity index (χ4v) is 5.89. The number of hydrogen-bond donors (Lipinski definition) is 1. The number of carbonyl (C=O) groups is 2. The fourth-order valence-electron chi connectivity index (χ4n) is 4.49. The van der Waals surface area contributed by atoms with Gasteiger partial charge in [0, 0.05) is 19.2 Å². The van der Waals surface area contributed by atoms with Gasteiger partial charge in [-0.3, -0.25) is 13.9 Å². The number of ether oxygens (including phenoxy) is 3. The summed E-state index contributed by atoms with van der Waals surface area (Å²) in [6, 6.07) is 17.3. The molecule has 1 atom stereocenters. The molecule has 0 bridgehead atoms. The summed E-state index contributed by atoms with van der Waals surface area (Å²) >= 11 is 0. The molecule has 1 unspecified atom stereocenters. The standard InChI is InChI=1S/C31H39N3O7S/c1-7-27(31(36)32-8-2)33(20-23-11-14-25(39-4)15-12-23)30(35)21-34(24-13-18-28(40-5)29(19-24)41-6)42(37,38)26-16-9-22(3)10-17-26/h9-19,27H,7-8,20-21H2,1-6H3,(H,32,36). The highest BCUT2D eigenvalue weighted by Gasteiger charge is 2.34. The van der Waals surface area contributed by atoms with Gasteiger partial charge in [0.05, 0.1) is 31.9 Å². The number of nitrogens with zero attached hydrogens (tertiary/aromatic N) is 2. The van der Waals surface area contributed by atoms with E-state index in [1.807, 2.05) is 13.8 Å². The molecule has 0 radical (unpaired) electrons. The van der Waals surface area contributed by atoms with Crippen molar-refractivity contribution in [3.63, 3.8) is 0 Å². The van der Waals surface area contributed by atoms with Crippen molar-refractivity contribution in [3.05, 3.63) is 77.9 Å². The molecule has 0 spiro atoms. The Morgan fingerprint density at radius 3 is 2.05 bits per heavy atom. The lowest BCUT2D eigenvalue weighted by atomic mass is 10.1. The summed E-state index contributed by atoms with van der Waals surface area (Å²) < 4.78 is 45.1. The van der Waals surface area contributed by atoms with Gasteiger partial charge in [-0.1, -0.05) is 36.8 Å². The zero-order valence-electron chi connectivity index (χ0n) is 24.9. The molecule has 0 aromatic heterocycles. The molecule has 0 aliphatic rings. The Morgan fingerprint density at radius 2 is 1.50 bits per heavy atom. The monoisotopic (exact) mass is 597 g/mol. The number of rotatable bonds is 14. The molecule has 1 N–H and O–H groups in total. The van der Waals surface area contributed by atoms with Crippen molar-refractivity contribution in [1.29, 1.82) is 0 Å². The Morgan fingerprint density at radius 1 is 0.857 bits per heavy atom. The van der Waals surface area contributed by atoms with Crippen LogP contribution < -0.4 is 23.8 Å². The van der Waals surface area contributed by atoms with E-state index < -0.39 is 28.5 Å². The van der Waals surface area contributed by atoms with Crippen molar-refractivity contribution in [2.75, 3.05) is 38.7 Å². The Bertz CT molecular complexity index is 1460. The number of amides is 2. The average Bonchev–Trinajstić information content (AvgIpc) is 2.99. The van der Waals surface area contributed by atoms with Crippen LogP contribution in [-0.4, -0.2) is 65.6 Å². The van der Waals surface area contributed by atoms with E-state index in [4.69, 9.17) is 14.2 Å². The molecule has 0 heterocycles. The smallest absolute Gasteiger partial charge is 0.264 e. The van der Waals surface area contributed by atoms with E-state index in [1.54, 1.807) is 62.6 Å². The summed E-state index contributed by atoms with van der Waals surface area (Å²) in [4.78, 5) is 28.7. The summed E-state index contributed by atoms with van der Waals surface area (Å²) in [5, 5.41) is 2.79. The first kappa shape index (κ1) is 32.3. The Labute approximate surface area is 248 Å². The van der Waals surface area contributed by atoms with Gasteiger partial charge in [-0.2, -0.15) is 0 Å². The second-order valence-corrected chi connectivity index (χ2v) is 11.4. The Kier molecular flexibility index (Phi) is 11.2. The van der Waals surface area contributed by atoms with Crippen LogP contribution in [-0.2, 0) is 26.2 Å². The highest BCUT2D eigenvalue weighted by Crippen LogP contribution is 2.34. The highest BCUT2D eigenvalue weighted by molar-refractivity contribution is 7.92. The molecular weight excluding hydrogens is 558 g/mol. The van der Waals surface area contributed by atoms with E-state index in [1.165, 1.54) is 37.3 Å². The van der Waals surface area contributed by atoms with E-state index in [-0.39, 0.29) is 23.0 Å². The van der Waals surface area contributed by atoms with Crippen molar-refractivity contribution < 1.29 is 32.2 Å². The highest BCUT2D eigenvalue weighted by atomic mass is 32.2. The van der Waals surface area contributed by atoms with Crippen molar-refractivity contribution in [1.82, 2.24) is 10.2 Å². The number of nitrogens with one attached hydrogen (secondary N) is 1. The maximum atomic E-state index is 14.1. The van der Waals surface area contributed by atoms with Crippen molar-refractivity contribution >= 4 is 27.5 Å². The van der Waals surface area contributed by atoms with Gasteiger partial charge in [0.2, 0.25) is 11.8 Å². The van der Waals surface area contributed by atoms with E-state index >= 15 is 0 Å². The minimum absolute atomic E-state index is 0.0214. The molecule has 3 aromatic rings. The third kappa shape index (κ3) is 7.52. The number of carbonyl (C=O) groups excluding carboxylic acids is 2. The van der Waals surface area contributed by atoms with E-state index in [9.17, 15) is 18.0 Å². The van der Waals surface area contributed by atoms with Crippen LogP contribution in [0.3, 0.4) is 0 Å². The topological polar surface area (TPSA) is 114 Å². The van der Waals surface area contributed by atoms with Crippen molar-refractivity contribution in [2.45, 2.75) is 44.7 Å². The Balaban J connectivity index is 2.11. The van der Waals surface area contributed by atoms with Crippen LogP contribution in [0.25, 0.3) is 0 Å². The molecule has 3 rings (SSSR count). The SMILES string of the molecule is CCNC(=O)C(CC)N(Cc1ccc(OC)cc1)C(=O)CN(c1ccc(OC)c(OC)c1)S(=O)(=O)c1ccc(C)cc1. The number of anilines is 1. The first-order valence-corrected chi connectivity index (χ1v) is 15.0. The van der Waals surface area contributed by atoms with Gasteiger partial charge in [0.1, 0.15) is 18.3 Å². The number of likely N-dealkylation sites (N-methyl/N-ethyl adjacent to an activating group) is 1. The quantitative estimate of drug-likeness (QED) is 0.297. The lowest BCUT2D eigenvalue weighted by Gasteiger charge is -2.33. The Hall–Kier alpha value is -4.25. The largest absolute Gasteiger partial charge is 0.497 e. The van der Waals surface area contributed by atoms with Gasteiger partial charge < -0.3 is 24.4 Å². The fraction of sp³-hybridized carbons (Fsp3) is 0.355. The molecule has 0 aliphatic carbocycles. The minimum atomic E-state index is -4.22. The number of methoxy groups -OCH3 is 3. The summed E-state index contributed by atoms with van der Waals surface area (Å²) in [6.45, 7) is 5.38. The first-order chi connectivity index (χ1) is 20.1. The zero-order valence-corrected chi connectivity index (χ0v) is 25.7. The molecule has 0 saturated heterocycles. The average molecular weight is 598 g/mol. The normalized spacial score (nSPS) is 11.8. The van der Waals surface area contributed by atoms with Gasteiger partial charge in [0.25, 0.3) is 10.0 Å². The molecule has 42 heavy (non-hydrogen) atoms. The lowest BCUT2D eigenvalue weighted by Crippen LogP contribution is -2.52. The van der Waals surface area contributed by atoms with Gasteiger partial charge in [-0.25, -0.2) is 8.42 Å². The summed E-state index contributed by atoms with van der Waals surface area (Å²) in [5.74, 6) is 0.491. The predicted octanol–water partition coefficient (Wildman–Crippen LogP) is 4.16. The third-order valence-corrected chi connectivity index (χ3v) is 8.58. The summed E-state index contributed by atoms with van der Waals surface area (Å²) in [6.07, 6.45) is 0.328. The summed E-state index contributed by atoms with van der Waals surface area (Å²) in [7, 11) is 0.266. The molecule has 0 fully saturated rings. The van der Waals surface area contributed by atoms with E-state index in [0.717, 1.165) is 15.4 Å². The van der Waals surface area contributed by atoms with Gasteiger partial charge in [-0.15, -0.1) is 0 Å². The van der Waals surface area contributed by atoms with Crippen LogP contribution >= 0.6 is 0 Å². The maximum Gasteiger partial charge on any atom is 0.264 e. The van der Waals surface area contributed by atoms with Crippen molar-refractivity contribution in [3.8, 4) is 17.2 Å². The van der Waals surface area contributed by atoms with Gasteiger partial charge >= 0.3 is 0 Å². The maximum absolute atomic E-state index is 14.1. The second kappa shape index (κ2) is 14.6. The lowest BCUT2D eigenvalue weighted by molar-refractivity contribution is -0.140. The van der Waals surface area contributed by atoms with Crippen molar-refractivity contribution in [2.24, 2.45) is 0 Å². The van der Waals surface area contributed by atoms with Gasteiger partial charge in [-0.05, 0) is 62.2 Å². The van der Waals surface area contributed by atoms with Crippen LogP contribution in [0.4, 0.5) is 5.69 Å². The number of aryl methyl sites for hydroxylation is 1. The van der Waals surface area contributed by atoms with Gasteiger partial charge in [0.15, 0.2) is 11.5 Å². The van der Waals surface area contributed by atoms with Crippen LogP contribution in [0.5, 0.6) is 17.2 Å². The van der Waals surface area contributed by atoms with E-state index in [0.29, 0.717) is 30.2 Å². The molecule has 11 heteroatoms.